The minimum Gasteiger partial charge on any atom is -0.493 e. The Labute approximate surface area is 254 Å². The van der Waals surface area contributed by atoms with Gasteiger partial charge in [0.15, 0.2) is 11.6 Å². The average molecular weight is 594 g/mol. The fraction of sp³-hybridized carbons (Fsp3) is 0.257. The van der Waals surface area contributed by atoms with E-state index < -0.39 is 11.4 Å². The number of carbonyl (C=O) groups is 1. The van der Waals surface area contributed by atoms with Crippen LogP contribution in [0.25, 0.3) is 22.4 Å². The molecule has 4 aromatic carbocycles. The Morgan fingerprint density at radius 3 is 2.11 bits per heavy atom. The molecule has 2 aliphatic rings. The van der Waals surface area contributed by atoms with E-state index in [0.29, 0.717) is 43.3 Å². The van der Waals surface area contributed by atoms with Gasteiger partial charge in [0, 0.05) is 18.7 Å². The van der Waals surface area contributed by atoms with Crippen LogP contribution in [-0.4, -0.2) is 42.3 Å². The van der Waals surface area contributed by atoms with Crippen molar-refractivity contribution >= 4 is 22.6 Å². The predicted molar refractivity (Wildman–Crippen MR) is 165 cm³/mol. The maximum absolute atomic E-state index is 16.9. The van der Waals surface area contributed by atoms with Crippen LogP contribution in [0.2, 0.25) is 0 Å². The van der Waals surface area contributed by atoms with E-state index in [2.05, 4.69) is 6.92 Å². The number of β-lactam (4-membered cyclic amide) rings is 1. The molecule has 0 spiro atoms. The lowest BCUT2D eigenvalue weighted by Crippen LogP contribution is -2.49. The molecule has 0 N–H and O–H groups in total. The molecule has 224 valence electrons. The quantitative estimate of drug-likeness (QED) is 0.172. The molecule has 2 fully saturated rings. The standard InChI is InChI=1S/C35H32FN3O5/c1-35(21-42-22-35)39-28-14-13-25(38-16-15-30(38)40)17-27(28)37-34(39)26-18-29(41-2)32(43-19-23-9-5-3-6-10-23)33(31(26)36)44-20-24-11-7-4-8-12-24/h3-14,17-18H,15-16,19-22H2,1-2H3. The Morgan fingerprint density at radius 2 is 1.57 bits per heavy atom. The van der Waals surface area contributed by atoms with Gasteiger partial charge in [0.2, 0.25) is 17.4 Å². The summed E-state index contributed by atoms with van der Waals surface area (Å²) in [6.07, 6.45) is 0.530. The molecular weight excluding hydrogens is 561 g/mol. The van der Waals surface area contributed by atoms with Crippen molar-refractivity contribution in [2.45, 2.75) is 32.1 Å². The Bertz CT molecular complexity index is 1840. The first kappa shape index (κ1) is 27.9. The van der Waals surface area contributed by atoms with E-state index in [4.69, 9.17) is 23.9 Å². The molecule has 0 unspecified atom stereocenters. The molecule has 2 saturated heterocycles. The number of amides is 1. The van der Waals surface area contributed by atoms with E-state index in [1.807, 2.05) is 83.4 Å². The number of anilines is 1. The zero-order valence-electron chi connectivity index (χ0n) is 24.6. The minimum atomic E-state index is -0.608. The summed E-state index contributed by atoms with van der Waals surface area (Å²) >= 11 is 0. The number of benzene rings is 4. The molecule has 9 heteroatoms. The first-order valence-electron chi connectivity index (χ1n) is 14.6. The van der Waals surface area contributed by atoms with Crippen molar-refractivity contribution in [3.05, 3.63) is 102 Å². The van der Waals surface area contributed by atoms with E-state index in [0.717, 1.165) is 22.3 Å². The second kappa shape index (κ2) is 11.3. The van der Waals surface area contributed by atoms with Crippen LogP contribution >= 0.6 is 0 Å². The maximum atomic E-state index is 16.9. The van der Waals surface area contributed by atoms with Gasteiger partial charge in [-0.1, -0.05) is 60.7 Å². The second-order valence-electron chi connectivity index (χ2n) is 11.4. The van der Waals surface area contributed by atoms with Crippen molar-refractivity contribution < 1.29 is 28.1 Å². The summed E-state index contributed by atoms with van der Waals surface area (Å²) in [5.74, 6) is 0.315. The number of imidazole rings is 1. The maximum Gasteiger partial charge on any atom is 0.228 e. The van der Waals surface area contributed by atoms with E-state index in [9.17, 15) is 4.79 Å². The zero-order chi connectivity index (χ0) is 30.3. The molecule has 5 aromatic rings. The Hall–Kier alpha value is -4.89. The molecular formula is C35H32FN3O5. The zero-order valence-corrected chi connectivity index (χ0v) is 24.6. The van der Waals surface area contributed by atoms with Crippen molar-refractivity contribution in [3.8, 4) is 28.6 Å². The van der Waals surface area contributed by atoms with E-state index in [1.165, 1.54) is 7.11 Å². The summed E-state index contributed by atoms with van der Waals surface area (Å²) < 4.78 is 42.7. The van der Waals surface area contributed by atoms with E-state index in [1.54, 1.807) is 11.0 Å². The Morgan fingerprint density at radius 1 is 0.909 bits per heavy atom. The summed E-state index contributed by atoms with van der Waals surface area (Å²) in [6, 6.07) is 26.6. The van der Waals surface area contributed by atoms with Crippen molar-refractivity contribution in [1.82, 2.24) is 9.55 Å². The monoisotopic (exact) mass is 593 g/mol. The largest absolute Gasteiger partial charge is 0.493 e. The van der Waals surface area contributed by atoms with Crippen LogP contribution in [-0.2, 0) is 28.3 Å². The van der Waals surface area contributed by atoms with Crippen molar-refractivity contribution in [1.29, 1.82) is 0 Å². The van der Waals surface area contributed by atoms with Gasteiger partial charge in [-0.2, -0.15) is 0 Å². The highest BCUT2D eigenvalue weighted by molar-refractivity contribution is 6.01. The fourth-order valence-corrected chi connectivity index (χ4v) is 5.71. The molecule has 44 heavy (non-hydrogen) atoms. The van der Waals surface area contributed by atoms with Crippen LogP contribution in [0.15, 0.2) is 84.9 Å². The number of ether oxygens (including phenoxy) is 4. The highest BCUT2D eigenvalue weighted by atomic mass is 19.1. The third-order valence-corrected chi connectivity index (χ3v) is 8.22. The summed E-state index contributed by atoms with van der Waals surface area (Å²) in [7, 11) is 1.52. The topological polar surface area (TPSA) is 75.1 Å². The first-order chi connectivity index (χ1) is 21.4. The molecule has 0 aliphatic carbocycles. The first-order valence-corrected chi connectivity index (χ1v) is 14.6. The highest BCUT2D eigenvalue weighted by Gasteiger charge is 2.40. The highest BCUT2D eigenvalue weighted by Crippen LogP contribution is 2.47. The molecule has 0 atom stereocenters. The normalized spacial score (nSPS) is 15.5. The number of hydrogen-bond donors (Lipinski definition) is 0. The number of fused-ring (bicyclic) bond motifs is 1. The summed E-state index contributed by atoms with van der Waals surface area (Å²) in [5, 5.41) is 0. The van der Waals surface area contributed by atoms with Crippen LogP contribution in [0.3, 0.4) is 0 Å². The third kappa shape index (κ3) is 4.93. The lowest BCUT2D eigenvalue weighted by Gasteiger charge is -2.41. The average Bonchev–Trinajstić information content (AvgIpc) is 3.41. The summed E-state index contributed by atoms with van der Waals surface area (Å²) in [4.78, 5) is 18.8. The van der Waals surface area contributed by atoms with E-state index >= 15 is 4.39 Å². The number of carbonyl (C=O) groups excluding carboxylic acids is 1. The van der Waals surface area contributed by atoms with Gasteiger partial charge in [0.1, 0.15) is 19.0 Å². The molecule has 0 radical (unpaired) electrons. The van der Waals surface area contributed by atoms with Gasteiger partial charge in [-0.05, 0) is 42.3 Å². The lowest BCUT2D eigenvalue weighted by molar-refractivity contribution is -0.122. The SMILES string of the molecule is COc1cc(-c2nc3cc(N4CCC4=O)ccc3n2C2(C)COC2)c(F)c(OCc2ccccc2)c1OCc1ccccc1. The molecule has 1 amide bonds. The molecule has 3 heterocycles. The fourth-order valence-electron chi connectivity index (χ4n) is 5.71. The number of nitrogens with zero attached hydrogens (tertiary/aromatic N) is 3. The van der Waals surface area contributed by atoms with Crippen LogP contribution in [0, 0.1) is 5.82 Å². The lowest BCUT2D eigenvalue weighted by atomic mass is 9.98. The Balaban J connectivity index is 1.37. The van der Waals surface area contributed by atoms with Gasteiger partial charge >= 0.3 is 0 Å². The number of rotatable bonds is 10. The van der Waals surface area contributed by atoms with Gasteiger partial charge in [-0.25, -0.2) is 9.37 Å². The number of halogens is 1. The van der Waals surface area contributed by atoms with Crippen LogP contribution < -0.4 is 19.1 Å². The van der Waals surface area contributed by atoms with Crippen molar-refractivity contribution in [3.63, 3.8) is 0 Å². The number of aromatic nitrogens is 2. The van der Waals surface area contributed by atoms with E-state index in [-0.39, 0.29) is 36.2 Å². The second-order valence-corrected chi connectivity index (χ2v) is 11.4. The summed E-state index contributed by atoms with van der Waals surface area (Å²) in [6.45, 7) is 3.96. The van der Waals surface area contributed by atoms with Gasteiger partial charge in [-0.15, -0.1) is 0 Å². The predicted octanol–water partition coefficient (Wildman–Crippen LogP) is 6.49. The molecule has 2 aliphatic heterocycles. The molecule has 0 saturated carbocycles. The van der Waals surface area contributed by atoms with Crippen LogP contribution in [0.1, 0.15) is 24.5 Å². The van der Waals surface area contributed by atoms with Gasteiger partial charge < -0.3 is 28.4 Å². The van der Waals surface area contributed by atoms with Crippen LogP contribution in [0.5, 0.6) is 17.2 Å². The summed E-state index contributed by atoms with van der Waals surface area (Å²) in [5.41, 5.74) is 3.80. The Kier molecular flexibility index (Phi) is 7.18. The van der Waals surface area contributed by atoms with Gasteiger partial charge in [0.25, 0.3) is 0 Å². The smallest absolute Gasteiger partial charge is 0.228 e. The van der Waals surface area contributed by atoms with Crippen molar-refractivity contribution in [2.24, 2.45) is 0 Å². The molecule has 1 aromatic heterocycles. The third-order valence-electron chi connectivity index (χ3n) is 8.22. The minimum absolute atomic E-state index is 0.0559. The molecule has 7 rings (SSSR count). The number of methoxy groups -OCH3 is 1. The van der Waals surface area contributed by atoms with Crippen molar-refractivity contribution in [2.75, 3.05) is 31.8 Å². The van der Waals surface area contributed by atoms with Gasteiger partial charge in [0.05, 0.1) is 42.5 Å². The number of hydrogen-bond acceptors (Lipinski definition) is 6. The van der Waals surface area contributed by atoms with Gasteiger partial charge in [-0.3, -0.25) is 4.79 Å². The molecule has 8 nitrogen and oxygen atoms in total. The van der Waals surface area contributed by atoms with Crippen LogP contribution in [0.4, 0.5) is 10.1 Å². The molecule has 0 bridgehead atoms.